The first-order valence-electron chi connectivity index (χ1n) is 7.07. The van der Waals surface area contributed by atoms with Crippen LogP contribution in [0.15, 0.2) is 6.20 Å². The fourth-order valence-electron chi connectivity index (χ4n) is 2.84. The highest BCUT2D eigenvalue weighted by Crippen LogP contribution is 2.34. The number of nitrogens with zero attached hydrogens (tertiary/aromatic N) is 3. The number of rotatable bonds is 6. The Morgan fingerprint density at radius 3 is 2.81 bits per heavy atom. The second kappa shape index (κ2) is 6.64. The molecule has 2 heterocycles. The third-order valence-electron chi connectivity index (χ3n) is 3.94. The molecule has 0 bridgehead atoms. The quantitative estimate of drug-likeness (QED) is 0.833. The predicted molar refractivity (Wildman–Crippen MR) is 84.4 cm³/mol. The third kappa shape index (κ3) is 3.97. The van der Waals surface area contributed by atoms with E-state index in [1.807, 2.05) is 25.8 Å². The van der Waals surface area contributed by atoms with Gasteiger partial charge in [0, 0.05) is 6.54 Å². The molecule has 0 spiro atoms. The van der Waals surface area contributed by atoms with Crippen LogP contribution in [0.4, 0.5) is 0 Å². The molecule has 1 aliphatic rings. The maximum Gasteiger partial charge on any atom is 0.150 e. The van der Waals surface area contributed by atoms with Gasteiger partial charge in [-0.1, -0.05) is 11.6 Å². The van der Waals surface area contributed by atoms with Gasteiger partial charge in [-0.05, 0) is 33.5 Å². The Kier molecular flexibility index (Phi) is 5.29. The van der Waals surface area contributed by atoms with Crippen molar-refractivity contribution < 1.29 is 8.42 Å². The smallest absolute Gasteiger partial charge is 0.150 e. The first kappa shape index (κ1) is 16.7. The van der Waals surface area contributed by atoms with Gasteiger partial charge in [0.15, 0.2) is 9.84 Å². The van der Waals surface area contributed by atoms with Crippen LogP contribution in [0.3, 0.4) is 0 Å². The number of hydrogen-bond acceptors (Lipinski definition) is 5. The predicted octanol–water partition coefficient (Wildman–Crippen LogP) is 0.793. The molecule has 1 N–H and O–H groups in total. The van der Waals surface area contributed by atoms with Crippen LogP contribution in [-0.4, -0.2) is 62.3 Å². The molecule has 6 nitrogen and oxygen atoms in total. The second-order valence-corrected chi connectivity index (χ2v) is 8.47. The molecular weight excluding hydrogens is 312 g/mol. The summed E-state index contributed by atoms with van der Waals surface area (Å²) in [5, 5.41) is 8.16. The van der Waals surface area contributed by atoms with Gasteiger partial charge in [-0.15, -0.1) is 0 Å². The first-order valence-corrected chi connectivity index (χ1v) is 9.27. The van der Waals surface area contributed by atoms with Gasteiger partial charge in [-0.3, -0.25) is 4.68 Å². The van der Waals surface area contributed by atoms with Crippen molar-refractivity contribution in [2.45, 2.75) is 19.0 Å². The summed E-state index contributed by atoms with van der Waals surface area (Å²) in [5.41, 5.74) is 0.892. The van der Waals surface area contributed by atoms with Gasteiger partial charge >= 0.3 is 0 Å². The molecule has 1 aromatic rings. The van der Waals surface area contributed by atoms with E-state index < -0.39 is 9.84 Å². The summed E-state index contributed by atoms with van der Waals surface area (Å²) in [7, 11) is 2.94. The number of hydrogen-bond donors (Lipinski definition) is 1. The molecule has 0 amide bonds. The highest BCUT2D eigenvalue weighted by atomic mass is 35.5. The molecule has 21 heavy (non-hydrogen) atoms. The Hall–Kier alpha value is -0.630. The molecule has 8 heteroatoms. The van der Waals surface area contributed by atoms with Crippen molar-refractivity contribution in [3.8, 4) is 0 Å². The fourth-order valence-corrected chi connectivity index (χ4v) is 4.94. The fraction of sp³-hybridized carbons (Fsp3) is 0.769. The van der Waals surface area contributed by atoms with Crippen LogP contribution >= 0.6 is 11.6 Å². The minimum Gasteiger partial charge on any atom is -0.311 e. The zero-order valence-electron chi connectivity index (χ0n) is 12.7. The number of likely N-dealkylation sites (N-methyl/N-ethyl adjacent to an activating group) is 1. The lowest BCUT2D eigenvalue weighted by Gasteiger charge is -2.24. The molecule has 1 aromatic heterocycles. The number of sulfone groups is 1. The van der Waals surface area contributed by atoms with Crippen molar-refractivity contribution in [3.05, 3.63) is 16.9 Å². The minimum atomic E-state index is -2.91. The standard InChI is InChI=1S/C13H23ClN4O2S/c1-15-12(10-4-7-21(19,20)9-10)13-11(14)8-16-18(13)6-5-17(2)3/h8,10,12,15H,4-7,9H2,1-3H3. The summed E-state index contributed by atoms with van der Waals surface area (Å²) in [6.45, 7) is 1.58. The highest BCUT2D eigenvalue weighted by Gasteiger charge is 2.36. The lowest BCUT2D eigenvalue weighted by atomic mass is 9.96. The van der Waals surface area contributed by atoms with Gasteiger partial charge in [-0.2, -0.15) is 5.10 Å². The Morgan fingerprint density at radius 1 is 1.57 bits per heavy atom. The van der Waals surface area contributed by atoms with Gasteiger partial charge in [0.25, 0.3) is 0 Å². The van der Waals surface area contributed by atoms with Crippen molar-refractivity contribution in [2.24, 2.45) is 5.92 Å². The lowest BCUT2D eigenvalue weighted by molar-refractivity contribution is 0.346. The van der Waals surface area contributed by atoms with Crippen molar-refractivity contribution in [3.63, 3.8) is 0 Å². The van der Waals surface area contributed by atoms with Crippen LogP contribution < -0.4 is 5.32 Å². The van der Waals surface area contributed by atoms with Gasteiger partial charge in [0.1, 0.15) is 0 Å². The molecule has 1 saturated heterocycles. The van der Waals surface area contributed by atoms with Crippen molar-refractivity contribution in [1.82, 2.24) is 20.0 Å². The van der Waals surface area contributed by atoms with Crippen LogP contribution in [-0.2, 0) is 16.4 Å². The van der Waals surface area contributed by atoms with E-state index in [9.17, 15) is 8.42 Å². The zero-order valence-corrected chi connectivity index (χ0v) is 14.3. The first-order chi connectivity index (χ1) is 9.84. The van der Waals surface area contributed by atoms with E-state index in [0.717, 1.165) is 18.8 Å². The summed E-state index contributed by atoms with van der Waals surface area (Å²) >= 11 is 6.30. The molecule has 120 valence electrons. The average molecular weight is 335 g/mol. The van der Waals surface area contributed by atoms with Gasteiger partial charge in [-0.25, -0.2) is 8.42 Å². The number of aromatic nitrogens is 2. The van der Waals surface area contributed by atoms with E-state index in [0.29, 0.717) is 11.4 Å². The Labute approximate surface area is 131 Å². The largest absolute Gasteiger partial charge is 0.311 e. The van der Waals surface area contributed by atoms with Crippen LogP contribution in [0.25, 0.3) is 0 Å². The monoisotopic (exact) mass is 334 g/mol. The van der Waals surface area contributed by atoms with Crippen LogP contribution in [0.5, 0.6) is 0 Å². The van der Waals surface area contributed by atoms with E-state index in [2.05, 4.69) is 15.3 Å². The summed E-state index contributed by atoms with van der Waals surface area (Å²) in [6, 6.07) is -0.0839. The summed E-state index contributed by atoms with van der Waals surface area (Å²) < 4.78 is 25.3. The van der Waals surface area contributed by atoms with E-state index in [-0.39, 0.29) is 23.5 Å². The maximum absolute atomic E-state index is 11.7. The molecule has 2 rings (SSSR count). The summed E-state index contributed by atoms with van der Waals surface area (Å²) in [6.07, 6.45) is 2.31. The second-order valence-electron chi connectivity index (χ2n) is 5.83. The van der Waals surface area contributed by atoms with E-state index >= 15 is 0 Å². The number of halogens is 1. The molecule has 0 aliphatic carbocycles. The van der Waals surface area contributed by atoms with Gasteiger partial charge < -0.3 is 10.2 Å². The average Bonchev–Trinajstić information content (AvgIpc) is 2.93. The van der Waals surface area contributed by atoms with Crippen molar-refractivity contribution in [2.75, 3.05) is 39.2 Å². The zero-order chi connectivity index (χ0) is 15.6. The third-order valence-corrected chi connectivity index (χ3v) is 6.02. The molecular formula is C13H23ClN4O2S. The van der Waals surface area contributed by atoms with Crippen molar-refractivity contribution in [1.29, 1.82) is 0 Å². The Balaban J connectivity index is 2.23. The molecule has 2 unspecified atom stereocenters. The molecule has 2 atom stereocenters. The Bertz CT molecular complexity index is 585. The SMILES string of the molecule is CNC(c1c(Cl)cnn1CCN(C)C)C1CCS(=O)(=O)C1. The Morgan fingerprint density at radius 2 is 2.29 bits per heavy atom. The summed E-state index contributed by atoms with van der Waals surface area (Å²) in [5.74, 6) is 0.528. The molecule has 1 fully saturated rings. The maximum atomic E-state index is 11.7. The molecule has 0 saturated carbocycles. The minimum absolute atomic E-state index is 0.0484. The molecule has 0 aromatic carbocycles. The van der Waals surface area contributed by atoms with Crippen LogP contribution in [0.2, 0.25) is 5.02 Å². The van der Waals surface area contributed by atoms with Gasteiger partial charge in [0.05, 0.1) is 41.0 Å². The summed E-state index contributed by atoms with van der Waals surface area (Å²) in [4.78, 5) is 2.08. The van der Waals surface area contributed by atoms with E-state index in [1.54, 1.807) is 6.20 Å². The van der Waals surface area contributed by atoms with Crippen molar-refractivity contribution >= 4 is 21.4 Å². The van der Waals surface area contributed by atoms with Gasteiger partial charge in [0.2, 0.25) is 0 Å². The van der Waals surface area contributed by atoms with E-state index in [1.165, 1.54) is 0 Å². The normalized spacial score (nSPS) is 22.8. The van der Waals surface area contributed by atoms with Crippen LogP contribution in [0, 0.1) is 5.92 Å². The highest BCUT2D eigenvalue weighted by molar-refractivity contribution is 7.91. The lowest BCUT2D eigenvalue weighted by Crippen LogP contribution is -2.30. The van der Waals surface area contributed by atoms with Crippen LogP contribution in [0.1, 0.15) is 18.2 Å². The molecule has 1 aliphatic heterocycles. The van der Waals surface area contributed by atoms with E-state index in [4.69, 9.17) is 11.6 Å². The molecule has 0 radical (unpaired) electrons. The topological polar surface area (TPSA) is 67.2 Å². The number of nitrogens with one attached hydrogen (secondary N) is 1.